The maximum absolute atomic E-state index is 15.2. The van der Waals surface area contributed by atoms with Gasteiger partial charge in [-0.3, -0.25) is 28.8 Å². The van der Waals surface area contributed by atoms with Gasteiger partial charge in [-0.2, -0.15) is 0 Å². The van der Waals surface area contributed by atoms with Gasteiger partial charge in [0.05, 0.1) is 12.5 Å². The van der Waals surface area contributed by atoms with Crippen LogP contribution in [-0.4, -0.2) is 65.2 Å². The molecule has 270 valence electrons. The molecule has 14 nitrogen and oxygen atoms in total. The molecule has 0 aromatic heterocycles. The second-order valence-electron chi connectivity index (χ2n) is 12.0. The number of carbonyl (C=O) groups excluding carboxylic acids is 6. The molecule has 6 amide bonds. The fourth-order valence-corrected chi connectivity index (χ4v) is 5.40. The summed E-state index contributed by atoms with van der Waals surface area (Å²) in [6.45, 7) is 0.0943. The number of rotatable bonds is 7. The molecule has 1 saturated heterocycles. The average molecular weight is 708 g/mol. The number of phenolic OH excluding ortho intramolecular Hbond substituents is 1. The zero-order valence-electron chi connectivity index (χ0n) is 27.4. The number of carbonyl (C=O) groups is 6. The van der Waals surface area contributed by atoms with E-state index in [9.17, 15) is 38.3 Å². The van der Waals surface area contributed by atoms with Gasteiger partial charge in [0, 0.05) is 18.2 Å². The zero-order valence-corrected chi connectivity index (χ0v) is 27.4. The summed E-state index contributed by atoms with van der Waals surface area (Å²) < 4.78 is 29.2. The summed E-state index contributed by atoms with van der Waals surface area (Å²) in [7, 11) is 0. The number of amides is 6. The van der Waals surface area contributed by atoms with E-state index in [0.29, 0.717) is 18.1 Å². The molecule has 0 radical (unpaired) electrons. The van der Waals surface area contributed by atoms with Crippen LogP contribution in [0.5, 0.6) is 5.75 Å². The third-order valence-electron chi connectivity index (χ3n) is 8.16. The standard InChI is InChI=1S/C35H39F2N7O7/c36-21-11-14-23(24(37)17-21)30-35(51)43-29(20-6-2-1-3-7-20)34(50)42-27(31(39)47)18-28(46)40-15-5-4-8-26(33(49)44-30)41-32(48)25(38)16-19-9-12-22(45)13-10-19/h1-3,6-7,9-14,17,25-27,29-30,45H,4-5,8,15-16,18,38H2,(H2,39,47)(H,40,46)(H,41,48)(H,42,50)(H,43,51)(H,44,49)/t25-,26+,27-,29-,30-/m0/s1. The van der Waals surface area contributed by atoms with E-state index in [1.54, 1.807) is 30.3 Å². The highest BCUT2D eigenvalue weighted by Crippen LogP contribution is 2.22. The van der Waals surface area contributed by atoms with Crippen LogP contribution in [0, 0.1) is 11.6 Å². The van der Waals surface area contributed by atoms with Crippen LogP contribution in [0.3, 0.4) is 0 Å². The minimum Gasteiger partial charge on any atom is -0.508 e. The van der Waals surface area contributed by atoms with E-state index in [0.717, 1.165) is 12.1 Å². The lowest BCUT2D eigenvalue weighted by Gasteiger charge is -2.27. The SMILES string of the molecule is NC(=O)[C@@H]1CC(=O)NCCCC[C@@H](NC(=O)[C@@H](N)Cc2ccc(O)cc2)C(=O)N[C@@H](c2ccc(F)cc2F)C(=O)N[C@@H](c2ccccc2)C(=O)N1. The van der Waals surface area contributed by atoms with Crippen molar-refractivity contribution < 1.29 is 42.7 Å². The number of phenols is 1. The fraction of sp³-hybridized carbons (Fsp3) is 0.314. The number of nitrogens with one attached hydrogen (secondary N) is 5. The molecule has 3 aromatic carbocycles. The van der Waals surface area contributed by atoms with Crippen LogP contribution < -0.4 is 38.1 Å². The first-order valence-electron chi connectivity index (χ1n) is 16.1. The lowest BCUT2D eigenvalue weighted by Crippen LogP contribution is -2.55. The molecule has 1 fully saturated rings. The minimum atomic E-state index is -1.85. The molecule has 1 heterocycles. The second kappa shape index (κ2) is 17.7. The zero-order chi connectivity index (χ0) is 37.1. The topological polar surface area (TPSA) is 235 Å². The quantitative estimate of drug-likeness (QED) is 0.171. The van der Waals surface area contributed by atoms with E-state index < -0.39 is 89.3 Å². The predicted molar refractivity (Wildman–Crippen MR) is 179 cm³/mol. The Morgan fingerprint density at radius 1 is 0.863 bits per heavy atom. The molecule has 1 aliphatic rings. The minimum absolute atomic E-state index is 0.0177. The number of hydrogen-bond donors (Lipinski definition) is 8. The van der Waals surface area contributed by atoms with Crippen LogP contribution in [0.2, 0.25) is 0 Å². The summed E-state index contributed by atoms with van der Waals surface area (Å²) in [5.41, 5.74) is 12.0. The van der Waals surface area contributed by atoms with Gasteiger partial charge >= 0.3 is 0 Å². The summed E-state index contributed by atoms with van der Waals surface area (Å²) in [5, 5.41) is 22.0. The summed E-state index contributed by atoms with van der Waals surface area (Å²) in [6.07, 6.45) is 0.0617. The summed E-state index contributed by atoms with van der Waals surface area (Å²) in [5.74, 6) is -7.46. The number of hydrogen-bond acceptors (Lipinski definition) is 8. The number of aromatic hydroxyl groups is 1. The molecule has 1 aliphatic heterocycles. The Morgan fingerprint density at radius 2 is 1.53 bits per heavy atom. The van der Waals surface area contributed by atoms with Gasteiger partial charge in [0.1, 0.15) is 41.6 Å². The van der Waals surface area contributed by atoms with Gasteiger partial charge < -0.3 is 43.2 Å². The lowest BCUT2D eigenvalue weighted by molar-refractivity contribution is -0.135. The third-order valence-corrected chi connectivity index (χ3v) is 8.16. The third kappa shape index (κ3) is 10.8. The van der Waals surface area contributed by atoms with Gasteiger partial charge in [-0.1, -0.05) is 48.5 Å². The number of benzene rings is 3. The Bertz CT molecular complexity index is 1740. The first kappa shape index (κ1) is 37.9. The highest BCUT2D eigenvalue weighted by atomic mass is 19.1. The van der Waals surface area contributed by atoms with E-state index in [2.05, 4.69) is 26.6 Å². The molecule has 10 N–H and O–H groups in total. The van der Waals surface area contributed by atoms with E-state index >= 15 is 4.39 Å². The van der Waals surface area contributed by atoms with Crippen molar-refractivity contribution in [1.82, 2.24) is 26.6 Å². The molecule has 51 heavy (non-hydrogen) atoms. The Balaban J connectivity index is 1.69. The highest BCUT2D eigenvalue weighted by molar-refractivity contribution is 5.97. The molecule has 0 unspecified atom stereocenters. The molecule has 0 spiro atoms. The first-order valence-corrected chi connectivity index (χ1v) is 16.1. The normalized spacial score (nSPS) is 21.5. The van der Waals surface area contributed by atoms with Crippen LogP contribution in [0.1, 0.15) is 54.5 Å². The Hall–Kier alpha value is -5.90. The van der Waals surface area contributed by atoms with Crippen LogP contribution in [0.25, 0.3) is 0 Å². The first-order chi connectivity index (χ1) is 24.3. The summed E-state index contributed by atoms with van der Waals surface area (Å²) >= 11 is 0. The average Bonchev–Trinajstić information content (AvgIpc) is 3.09. The van der Waals surface area contributed by atoms with Crippen LogP contribution in [-0.2, 0) is 35.2 Å². The van der Waals surface area contributed by atoms with Gasteiger partial charge in [-0.15, -0.1) is 0 Å². The Labute approximate surface area is 291 Å². The van der Waals surface area contributed by atoms with Crippen molar-refractivity contribution in [3.8, 4) is 5.75 Å². The maximum Gasteiger partial charge on any atom is 0.248 e. The molecule has 3 aromatic rings. The molecule has 5 atom stereocenters. The second-order valence-corrected chi connectivity index (χ2v) is 12.0. The number of primary amides is 1. The molecular weight excluding hydrogens is 668 g/mol. The maximum atomic E-state index is 15.2. The number of halogens is 2. The van der Waals surface area contributed by atoms with E-state index in [1.807, 2.05) is 0 Å². The largest absolute Gasteiger partial charge is 0.508 e. The molecule has 4 rings (SSSR count). The van der Waals surface area contributed by atoms with Gasteiger partial charge in [0.15, 0.2) is 0 Å². The molecule has 0 saturated carbocycles. The Morgan fingerprint density at radius 3 is 2.20 bits per heavy atom. The van der Waals surface area contributed by atoms with Gasteiger partial charge in [-0.05, 0) is 55.0 Å². The van der Waals surface area contributed by atoms with E-state index in [4.69, 9.17) is 11.5 Å². The van der Waals surface area contributed by atoms with Crippen molar-refractivity contribution >= 4 is 35.4 Å². The number of nitrogens with two attached hydrogens (primary N) is 2. The van der Waals surface area contributed by atoms with Crippen molar-refractivity contribution in [2.75, 3.05) is 6.54 Å². The molecule has 0 bridgehead atoms. The van der Waals surface area contributed by atoms with Crippen LogP contribution in [0.15, 0.2) is 72.8 Å². The van der Waals surface area contributed by atoms with Crippen molar-refractivity contribution in [2.45, 2.75) is 62.3 Å². The van der Waals surface area contributed by atoms with Crippen LogP contribution in [0.4, 0.5) is 8.78 Å². The molecule has 16 heteroatoms. The van der Waals surface area contributed by atoms with E-state index in [-0.39, 0.29) is 37.1 Å². The molecular formula is C35H39F2N7O7. The summed E-state index contributed by atoms with van der Waals surface area (Å²) in [4.78, 5) is 79.5. The predicted octanol–water partition coefficient (Wildman–Crippen LogP) is 0.400. The van der Waals surface area contributed by atoms with E-state index in [1.165, 1.54) is 24.3 Å². The van der Waals surface area contributed by atoms with Gasteiger partial charge in [0.2, 0.25) is 35.4 Å². The van der Waals surface area contributed by atoms with Crippen LogP contribution >= 0.6 is 0 Å². The monoisotopic (exact) mass is 707 g/mol. The summed E-state index contributed by atoms with van der Waals surface area (Å²) in [6, 6.07) is 8.77. The van der Waals surface area contributed by atoms with Gasteiger partial charge in [0.25, 0.3) is 0 Å². The van der Waals surface area contributed by atoms with Crippen molar-refractivity contribution in [3.05, 3.63) is 101 Å². The molecule has 0 aliphatic carbocycles. The van der Waals surface area contributed by atoms with Gasteiger partial charge in [-0.25, -0.2) is 8.78 Å². The van der Waals surface area contributed by atoms with Crippen molar-refractivity contribution in [2.24, 2.45) is 11.5 Å². The highest BCUT2D eigenvalue weighted by Gasteiger charge is 2.34. The van der Waals surface area contributed by atoms with Crippen molar-refractivity contribution in [3.63, 3.8) is 0 Å². The fourth-order valence-electron chi connectivity index (χ4n) is 5.40. The smallest absolute Gasteiger partial charge is 0.248 e. The lowest BCUT2D eigenvalue weighted by atomic mass is 10.0. The van der Waals surface area contributed by atoms with Crippen molar-refractivity contribution in [1.29, 1.82) is 0 Å². The Kier molecular flexibility index (Phi) is 13.1.